The summed E-state index contributed by atoms with van der Waals surface area (Å²) in [7, 11) is -3.99. The van der Waals surface area contributed by atoms with E-state index in [4.69, 9.17) is 9.15 Å². The van der Waals surface area contributed by atoms with Crippen LogP contribution >= 0.6 is 0 Å². The van der Waals surface area contributed by atoms with Crippen LogP contribution in [0.4, 0.5) is 0 Å². The van der Waals surface area contributed by atoms with Gasteiger partial charge in [0.1, 0.15) is 17.4 Å². The van der Waals surface area contributed by atoms with Gasteiger partial charge in [0.2, 0.25) is 10.0 Å². The standard InChI is InChI=1S/C28H25NO6S/c1-18-10-13-21(14-11-18)36(32,33)29-25(16-19-6-3-2-4-7-19)28(31)34-20-12-15-23-22-8-5-9-24(22)27(30)35-26(23)17-20/h2-4,6-7,10-15,17,25,29H,5,8-9,16H2,1H3/t25-/m0/s1. The molecule has 8 heteroatoms. The predicted molar refractivity (Wildman–Crippen MR) is 136 cm³/mol. The summed E-state index contributed by atoms with van der Waals surface area (Å²) < 4.78 is 39.7. The van der Waals surface area contributed by atoms with Gasteiger partial charge in [-0.2, -0.15) is 4.72 Å². The molecule has 1 N–H and O–H groups in total. The monoisotopic (exact) mass is 503 g/mol. The molecule has 1 aliphatic carbocycles. The molecule has 0 saturated carbocycles. The van der Waals surface area contributed by atoms with E-state index in [1.807, 2.05) is 37.3 Å². The van der Waals surface area contributed by atoms with Gasteiger partial charge in [0.15, 0.2) is 0 Å². The van der Waals surface area contributed by atoms with Gasteiger partial charge in [-0.15, -0.1) is 0 Å². The van der Waals surface area contributed by atoms with Crippen LogP contribution in [0.5, 0.6) is 5.75 Å². The number of rotatable bonds is 7. The van der Waals surface area contributed by atoms with Crippen molar-refractivity contribution in [2.24, 2.45) is 0 Å². The Kier molecular flexibility index (Phi) is 6.47. The van der Waals surface area contributed by atoms with Crippen LogP contribution in [0.25, 0.3) is 11.0 Å². The van der Waals surface area contributed by atoms with E-state index in [0.29, 0.717) is 17.6 Å². The highest BCUT2D eigenvalue weighted by molar-refractivity contribution is 7.89. The van der Waals surface area contributed by atoms with E-state index >= 15 is 0 Å². The third-order valence-electron chi connectivity index (χ3n) is 6.36. The molecular formula is C28H25NO6S. The zero-order valence-corrected chi connectivity index (χ0v) is 20.5. The Labute approximate surface area is 208 Å². The molecule has 0 fully saturated rings. The van der Waals surface area contributed by atoms with Gasteiger partial charge in [-0.25, -0.2) is 18.0 Å². The topological polar surface area (TPSA) is 103 Å². The van der Waals surface area contributed by atoms with Crippen molar-refractivity contribution < 1.29 is 22.4 Å². The zero-order chi connectivity index (χ0) is 25.3. The fourth-order valence-electron chi connectivity index (χ4n) is 4.51. The van der Waals surface area contributed by atoms with E-state index in [-0.39, 0.29) is 22.7 Å². The lowest BCUT2D eigenvalue weighted by atomic mass is 10.1. The van der Waals surface area contributed by atoms with Gasteiger partial charge in [0.05, 0.1) is 4.90 Å². The first-order valence-corrected chi connectivity index (χ1v) is 13.2. The van der Waals surface area contributed by atoms with E-state index in [2.05, 4.69) is 4.72 Å². The number of carbonyl (C=O) groups excluding carboxylic acids is 1. The number of aryl methyl sites for hydroxylation is 2. The van der Waals surface area contributed by atoms with Crippen LogP contribution in [-0.2, 0) is 34.1 Å². The SMILES string of the molecule is Cc1ccc(S(=O)(=O)N[C@@H](Cc2ccccc2)C(=O)Oc2ccc3c4c(c(=O)oc3c2)CCC4)cc1. The van der Waals surface area contributed by atoms with Crippen LogP contribution in [-0.4, -0.2) is 20.4 Å². The van der Waals surface area contributed by atoms with Crippen LogP contribution in [0.1, 0.15) is 28.7 Å². The number of benzene rings is 3. The molecule has 0 aliphatic heterocycles. The second-order valence-electron chi connectivity index (χ2n) is 8.96. The van der Waals surface area contributed by atoms with Crippen LogP contribution in [0.3, 0.4) is 0 Å². The fraction of sp³-hybridized carbons (Fsp3) is 0.214. The molecule has 0 radical (unpaired) electrons. The molecule has 4 aromatic rings. The second-order valence-corrected chi connectivity index (χ2v) is 10.7. The minimum atomic E-state index is -3.99. The Bertz CT molecular complexity index is 1590. The van der Waals surface area contributed by atoms with Crippen molar-refractivity contribution in [3.8, 4) is 5.75 Å². The maximum absolute atomic E-state index is 13.2. The smallest absolute Gasteiger partial charge is 0.339 e. The highest BCUT2D eigenvalue weighted by Gasteiger charge is 2.28. The summed E-state index contributed by atoms with van der Waals surface area (Å²) in [5, 5.41) is 0.822. The number of hydrogen-bond acceptors (Lipinski definition) is 6. The quantitative estimate of drug-likeness (QED) is 0.232. The Morgan fingerprint density at radius 1 is 1.00 bits per heavy atom. The van der Waals surface area contributed by atoms with Crippen molar-refractivity contribution in [3.05, 3.63) is 105 Å². The lowest BCUT2D eigenvalue weighted by Gasteiger charge is -2.18. The van der Waals surface area contributed by atoms with E-state index < -0.39 is 22.0 Å². The highest BCUT2D eigenvalue weighted by atomic mass is 32.2. The molecule has 7 nitrogen and oxygen atoms in total. The summed E-state index contributed by atoms with van der Waals surface area (Å²) in [6.07, 6.45) is 2.50. The summed E-state index contributed by atoms with van der Waals surface area (Å²) in [5.74, 6) is -0.599. The molecular weight excluding hydrogens is 478 g/mol. The summed E-state index contributed by atoms with van der Waals surface area (Å²) in [6.45, 7) is 1.86. The number of esters is 1. The van der Waals surface area contributed by atoms with Crippen molar-refractivity contribution in [2.75, 3.05) is 0 Å². The molecule has 0 bridgehead atoms. The molecule has 3 aromatic carbocycles. The Morgan fingerprint density at radius 3 is 2.47 bits per heavy atom. The number of ether oxygens (including phenoxy) is 1. The molecule has 0 saturated heterocycles. The zero-order valence-electron chi connectivity index (χ0n) is 19.7. The number of nitrogens with one attached hydrogen (secondary N) is 1. The van der Waals surface area contributed by atoms with Crippen LogP contribution in [0.15, 0.2) is 86.9 Å². The Balaban J connectivity index is 1.43. The van der Waals surface area contributed by atoms with Gasteiger partial charge < -0.3 is 9.15 Å². The molecule has 0 unspecified atom stereocenters. The molecule has 1 atom stereocenters. The number of carbonyl (C=O) groups is 1. The van der Waals surface area contributed by atoms with Gasteiger partial charge in [-0.05, 0) is 68.0 Å². The lowest BCUT2D eigenvalue weighted by molar-refractivity contribution is -0.136. The number of sulfonamides is 1. The minimum Gasteiger partial charge on any atom is -0.425 e. The van der Waals surface area contributed by atoms with Crippen LogP contribution in [0.2, 0.25) is 0 Å². The van der Waals surface area contributed by atoms with Crippen molar-refractivity contribution in [3.63, 3.8) is 0 Å². The molecule has 36 heavy (non-hydrogen) atoms. The van der Waals surface area contributed by atoms with E-state index in [1.165, 1.54) is 18.2 Å². The van der Waals surface area contributed by atoms with Crippen molar-refractivity contribution >= 4 is 27.0 Å². The predicted octanol–water partition coefficient (Wildman–Crippen LogP) is 4.09. The van der Waals surface area contributed by atoms with Crippen molar-refractivity contribution in [1.29, 1.82) is 0 Å². The highest BCUT2D eigenvalue weighted by Crippen LogP contribution is 2.30. The van der Waals surface area contributed by atoms with E-state index in [9.17, 15) is 18.0 Å². The molecule has 1 heterocycles. The lowest BCUT2D eigenvalue weighted by Crippen LogP contribution is -2.44. The third-order valence-corrected chi connectivity index (χ3v) is 7.85. The first kappa shape index (κ1) is 24.0. The fourth-order valence-corrected chi connectivity index (χ4v) is 5.70. The molecule has 1 aliphatic rings. The summed E-state index contributed by atoms with van der Waals surface area (Å²) in [4.78, 5) is 25.6. The van der Waals surface area contributed by atoms with Gasteiger partial charge in [-0.1, -0.05) is 48.0 Å². The molecule has 0 spiro atoms. The first-order valence-electron chi connectivity index (χ1n) is 11.7. The van der Waals surface area contributed by atoms with Gasteiger partial charge >= 0.3 is 11.6 Å². The minimum absolute atomic E-state index is 0.0558. The normalized spacial score (nSPS) is 13.9. The van der Waals surface area contributed by atoms with Crippen molar-refractivity contribution in [1.82, 2.24) is 4.72 Å². The Morgan fingerprint density at radius 2 is 1.72 bits per heavy atom. The van der Waals surface area contributed by atoms with E-state index in [1.54, 1.807) is 24.3 Å². The van der Waals surface area contributed by atoms with Gasteiger partial charge in [0, 0.05) is 17.0 Å². The average Bonchev–Trinajstić information content (AvgIpc) is 3.35. The second kappa shape index (κ2) is 9.72. The molecule has 184 valence electrons. The van der Waals surface area contributed by atoms with Crippen molar-refractivity contribution in [2.45, 2.75) is 43.5 Å². The summed E-state index contributed by atoms with van der Waals surface area (Å²) >= 11 is 0. The summed E-state index contributed by atoms with van der Waals surface area (Å²) in [6, 6.07) is 19.2. The number of fused-ring (bicyclic) bond motifs is 3. The maximum atomic E-state index is 13.2. The average molecular weight is 504 g/mol. The third kappa shape index (κ3) is 4.96. The molecule has 1 aromatic heterocycles. The van der Waals surface area contributed by atoms with Crippen LogP contribution < -0.4 is 15.1 Å². The Hall–Kier alpha value is -3.75. The number of hydrogen-bond donors (Lipinski definition) is 1. The molecule has 0 amide bonds. The van der Waals surface area contributed by atoms with Gasteiger partial charge in [-0.3, -0.25) is 0 Å². The van der Waals surface area contributed by atoms with Gasteiger partial charge in [0.25, 0.3) is 0 Å². The van der Waals surface area contributed by atoms with E-state index in [0.717, 1.165) is 34.9 Å². The summed E-state index contributed by atoms with van der Waals surface area (Å²) in [5.41, 5.74) is 3.35. The molecule has 5 rings (SSSR count). The van der Waals surface area contributed by atoms with Crippen LogP contribution in [0, 0.1) is 6.92 Å². The first-order chi connectivity index (χ1) is 17.3. The largest absolute Gasteiger partial charge is 0.425 e. The maximum Gasteiger partial charge on any atom is 0.339 e.